The summed E-state index contributed by atoms with van der Waals surface area (Å²) >= 11 is 0. The summed E-state index contributed by atoms with van der Waals surface area (Å²) < 4.78 is 1.11. The molecule has 2 rings (SSSR count). The van der Waals surface area contributed by atoms with E-state index in [1.807, 2.05) is 30.3 Å². The van der Waals surface area contributed by atoms with E-state index in [0.717, 1.165) is 29.4 Å². The Balaban J connectivity index is 2.35. The van der Waals surface area contributed by atoms with Crippen LogP contribution >= 0.6 is 0 Å². The van der Waals surface area contributed by atoms with Gasteiger partial charge >= 0.3 is 0 Å². The quantitative estimate of drug-likeness (QED) is 0.531. The predicted molar refractivity (Wildman–Crippen MR) is 111 cm³/mol. The van der Waals surface area contributed by atoms with Gasteiger partial charge in [0.1, 0.15) is 6.54 Å². The van der Waals surface area contributed by atoms with Gasteiger partial charge in [0.2, 0.25) is 0 Å². The molecule has 1 saturated heterocycles. The van der Waals surface area contributed by atoms with E-state index in [1.165, 1.54) is 45.3 Å². The number of rotatable bonds is 7. The summed E-state index contributed by atoms with van der Waals surface area (Å²) in [4.78, 5) is 0. The van der Waals surface area contributed by atoms with Crippen LogP contribution in [0, 0.1) is 17.3 Å². The van der Waals surface area contributed by atoms with Gasteiger partial charge in [0, 0.05) is 5.41 Å². The predicted octanol–water partition coefficient (Wildman–Crippen LogP) is 5.11. The number of hydrogen-bond donors (Lipinski definition) is 1. The summed E-state index contributed by atoms with van der Waals surface area (Å²) in [5.41, 5.74) is -0.415. The Bertz CT molecular complexity index is 597. The maximum absolute atomic E-state index is 11.8. The molecule has 0 saturated carbocycles. The third-order valence-corrected chi connectivity index (χ3v) is 6.77. The first-order valence-corrected chi connectivity index (χ1v) is 10.6. The third kappa shape index (κ3) is 4.33. The first-order chi connectivity index (χ1) is 12.5. The Morgan fingerprint density at radius 1 is 1.00 bits per heavy atom. The van der Waals surface area contributed by atoms with Crippen molar-refractivity contribution >= 4 is 0 Å². The van der Waals surface area contributed by atoms with Crippen LogP contribution in [0.25, 0.3) is 0 Å². The summed E-state index contributed by atoms with van der Waals surface area (Å²) in [5, 5.41) is 11.8. The molecule has 2 heteroatoms. The van der Waals surface area contributed by atoms with Gasteiger partial charge < -0.3 is 9.59 Å². The van der Waals surface area contributed by atoms with Crippen molar-refractivity contribution in [1.29, 1.82) is 0 Å². The topological polar surface area (TPSA) is 20.2 Å². The minimum Gasteiger partial charge on any atom is -0.373 e. The van der Waals surface area contributed by atoms with Gasteiger partial charge in [0.05, 0.1) is 19.6 Å². The Hall–Kier alpha value is -1.30. The van der Waals surface area contributed by atoms with Crippen molar-refractivity contribution in [2.45, 2.75) is 71.8 Å². The van der Waals surface area contributed by atoms with Crippen molar-refractivity contribution in [2.24, 2.45) is 5.41 Å². The molecule has 0 amide bonds. The van der Waals surface area contributed by atoms with Crippen molar-refractivity contribution in [1.82, 2.24) is 0 Å². The highest BCUT2D eigenvalue weighted by molar-refractivity contribution is 5.35. The molecule has 1 aliphatic rings. The van der Waals surface area contributed by atoms with Crippen LogP contribution in [0.3, 0.4) is 0 Å². The van der Waals surface area contributed by atoms with E-state index in [1.54, 1.807) is 0 Å². The van der Waals surface area contributed by atoms with Crippen LogP contribution in [0.1, 0.15) is 71.8 Å². The van der Waals surface area contributed by atoms with Crippen LogP contribution in [0.2, 0.25) is 0 Å². The first-order valence-electron chi connectivity index (χ1n) is 10.6. The molecule has 0 spiro atoms. The molecule has 1 heterocycles. The average Bonchev–Trinajstić information content (AvgIpc) is 2.68. The molecule has 1 N–H and O–H groups in total. The molecule has 26 heavy (non-hydrogen) atoms. The second kappa shape index (κ2) is 9.07. The maximum atomic E-state index is 11.8. The first kappa shape index (κ1) is 21.0. The number of hydrogen-bond acceptors (Lipinski definition) is 1. The molecule has 1 fully saturated rings. The van der Waals surface area contributed by atoms with Gasteiger partial charge in [-0.2, -0.15) is 0 Å². The summed E-state index contributed by atoms with van der Waals surface area (Å²) in [6, 6.07) is 10.1. The average molecular weight is 357 g/mol. The lowest BCUT2D eigenvalue weighted by atomic mass is 9.66. The molecule has 1 aromatic rings. The Kier molecular flexibility index (Phi) is 7.33. The number of likely N-dealkylation sites (tertiary alicyclic amines) is 1. The van der Waals surface area contributed by atoms with Crippen LogP contribution < -0.4 is 0 Å². The minimum atomic E-state index is -1.09. The number of aliphatic hydroxyl groups is 1. The second-order valence-corrected chi connectivity index (χ2v) is 8.38. The van der Waals surface area contributed by atoms with Crippen molar-refractivity contribution < 1.29 is 9.59 Å². The molecule has 144 valence electrons. The van der Waals surface area contributed by atoms with E-state index >= 15 is 0 Å². The van der Waals surface area contributed by atoms with Crippen molar-refractivity contribution in [3.63, 3.8) is 0 Å². The molecule has 0 radical (unpaired) electrons. The van der Waals surface area contributed by atoms with Gasteiger partial charge in [-0.05, 0) is 50.0 Å². The van der Waals surface area contributed by atoms with Gasteiger partial charge in [-0.25, -0.2) is 0 Å². The van der Waals surface area contributed by atoms with E-state index in [0.29, 0.717) is 0 Å². The Morgan fingerprint density at radius 3 is 2.15 bits per heavy atom. The fourth-order valence-corrected chi connectivity index (χ4v) is 4.47. The highest BCUT2D eigenvalue weighted by Gasteiger charge is 2.45. The molecule has 1 unspecified atom stereocenters. The summed E-state index contributed by atoms with van der Waals surface area (Å²) in [7, 11) is 0. The lowest BCUT2D eigenvalue weighted by molar-refractivity contribution is -0.926. The zero-order chi connectivity index (χ0) is 19.1. The number of nitrogens with zero attached hydrogens (tertiary/aromatic N) is 1. The van der Waals surface area contributed by atoms with E-state index < -0.39 is 5.60 Å². The van der Waals surface area contributed by atoms with Gasteiger partial charge in [0.25, 0.3) is 0 Å². The molecule has 0 aliphatic carbocycles. The summed E-state index contributed by atoms with van der Waals surface area (Å²) in [5.74, 6) is 6.84. The molecule has 1 aliphatic heterocycles. The zero-order valence-electron chi connectivity index (χ0n) is 17.4. The van der Waals surface area contributed by atoms with Gasteiger partial charge in [-0.3, -0.25) is 0 Å². The van der Waals surface area contributed by atoms with E-state index in [9.17, 15) is 5.11 Å². The van der Waals surface area contributed by atoms with Gasteiger partial charge in [-0.15, -0.1) is 0 Å². The van der Waals surface area contributed by atoms with Crippen LogP contribution in [-0.4, -0.2) is 35.8 Å². The molecule has 0 bridgehead atoms. The Morgan fingerprint density at radius 2 is 1.62 bits per heavy atom. The van der Waals surface area contributed by atoms with E-state index in [4.69, 9.17) is 0 Å². The number of piperidine rings is 1. The SMILES string of the molecule is CCC[N+]1(CC#CC(O)(c2ccccc2)C(C)(CC)CC)CCCCC1. The zero-order valence-corrected chi connectivity index (χ0v) is 17.4. The van der Waals surface area contributed by atoms with Crippen LogP contribution in [0.5, 0.6) is 0 Å². The molecular weight excluding hydrogens is 318 g/mol. The van der Waals surface area contributed by atoms with Crippen molar-refractivity contribution in [3.8, 4) is 11.8 Å². The monoisotopic (exact) mass is 356 g/mol. The van der Waals surface area contributed by atoms with Crippen LogP contribution in [-0.2, 0) is 5.60 Å². The summed E-state index contributed by atoms with van der Waals surface area (Å²) in [6.07, 6.45) is 6.98. The molecular formula is C24H38NO+. The van der Waals surface area contributed by atoms with Crippen molar-refractivity contribution in [3.05, 3.63) is 35.9 Å². The van der Waals surface area contributed by atoms with Crippen LogP contribution in [0.4, 0.5) is 0 Å². The largest absolute Gasteiger partial charge is 0.373 e. The molecule has 2 nitrogen and oxygen atoms in total. The molecule has 1 aromatic carbocycles. The lowest BCUT2D eigenvalue weighted by Gasteiger charge is -2.42. The van der Waals surface area contributed by atoms with Gasteiger partial charge in [0.15, 0.2) is 5.60 Å². The highest BCUT2D eigenvalue weighted by Crippen LogP contribution is 2.44. The highest BCUT2D eigenvalue weighted by atomic mass is 16.3. The third-order valence-electron chi connectivity index (χ3n) is 6.77. The number of quaternary nitrogens is 1. The fraction of sp³-hybridized carbons (Fsp3) is 0.667. The molecule has 0 aromatic heterocycles. The standard InChI is InChI=1S/C24H38NO/c1-5-18-25(19-12-9-13-20-25)21-14-17-24(26,23(4,6-2)7-3)22-15-10-8-11-16-22/h8,10-11,15-16,26H,5-7,9,12-13,18-21H2,1-4H3/q+1. The second-order valence-electron chi connectivity index (χ2n) is 8.38. The van der Waals surface area contributed by atoms with Gasteiger partial charge in [-0.1, -0.05) is 63.9 Å². The molecule has 1 atom stereocenters. The maximum Gasteiger partial charge on any atom is 0.156 e. The number of benzene rings is 1. The smallest absolute Gasteiger partial charge is 0.156 e. The lowest BCUT2D eigenvalue weighted by Crippen LogP contribution is -2.52. The summed E-state index contributed by atoms with van der Waals surface area (Å²) in [6.45, 7) is 13.3. The van der Waals surface area contributed by atoms with E-state index in [-0.39, 0.29) is 5.41 Å². The van der Waals surface area contributed by atoms with E-state index in [2.05, 4.69) is 39.5 Å². The normalized spacial score (nSPS) is 19.3. The minimum absolute atomic E-state index is 0.251. The Labute approximate surface area is 161 Å². The van der Waals surface area contributed by atoms with Crippen molar-refractivity contribution in [2.75, 3.05) is 26.2 Å². The van der Waals surface area contributed by atoms with Crippen LogP contribution in [0.15, 0.2) is 30.3 Å². The fourth-order valence-electron chi connectivity index (χ4n) is 4.47.